The molecule has 1 N–H and O–H groups in total. The van der Waals surface area contributed by atoms with Gasteiger partial charge >= 0.3 is 0 Å². The van der Waals surface area contributed by atoms with E-state index in [9.17, 15) is 9.18 Å². The van der Waals surface area contributed by atoms with E-state index >= 15 is 0 Å². The summed E-state index contributed by atoms with van der Waals surface area (Å²) >= 11 is 0. The average molecular weight is 434 g/mol. The second-order valence-electron chi connectivity index (χ2n) is 8.25. The summed E-state index contributed by atoms with van der Waals surface area (Å²) in [5.41, 5.74) is 2.02. The largest absolute Gasteiger partial charge is 0.356 e. The molecular formula is C25H28FN5O. The highest BCUT2D eigenvalue weighted by Crippen LogP contribution is 2.26. The van der Waals surface area contributed by atoms with Crippen molar-refractivity contribution in [2.24, 2.45) is 0 Å². The molecule has 4 rings (SSSR count). The minimum absolute atomic E-state index is 0.231. The Balaban J connectivity index is 1.61. The van der Waals surface area contributed by atoms with Crippen LogP contribution in [0.1, 0.15) is 28.8 Å². The number of nitrogens with zero attached hydrogens (tertiary/aromatic N) is 4. The van der Waals surface area contributed by atoms with Crippen LogP contribution in [-0.4, -0.2) is 54.0 Å². The molecule has 0 atom stereocenters. The molecule has 0 aliphatic carbocycles. The van der Waals surface area contributed by atoms with E-state index in [1.165, 1.54) is 12.1 Å². The quantitative estimate of drug-likeness (QED) is 0.642. The molecule has 0 unspecified atom stereocenters. The fourth-order valence-corrected chi connectivity index (χ4v) is 4.01. The number of likely N-dealkylation sites (tertiary alicyclic amines) is 1. The summed E-state index contributed by atoms with van der Waals surface area (Å²) in [5.74, 6) is 0.603. The highest BCUT2D eigenvalue weighted by Gasteiger charge is 2.26. The summed E-state index contributed by atoms with van der Waals surface area (Å²) in [5, 5.41) is 2.89. The number of benzene rings is 2. The molecule has 2 aromatic carbocycles. The van der Waals surface area contributed by atoms with Crippen molar-refractivity contribution in [3.8, 4) is 11.4 Å². The van der Waals surface area contributed by atoms with E-state index in [1.54, 1.807) is 18.3 Å². The molecule has 0 radical (unpaired) electrons. The molecule has 6 nitrogen and oxygen atoms in total. The van der Waals surface area contributed by atoms with Crippen LogP contribution < -0.4 is 10.2 Å². The van der Waals surface area contributed by atoms with Gasteiger partial charge in [-0.1, -0.05) is 42.5 Å². The van der Waals surface area contributed by atoms with E-state index in [0.717, 1.165) is 31.5 Å². The zero-order valence-corrected chi connectivity index (χ0v) is 18.5. The molecule has 1 fully saturated rings. The highest BCUT2D eigenvalue weighted by molar-refractivity contribution is 5.98. The Kier molecular flexibility index (Phi) is 6.75. The number of carbonyl (C=O) groups is 1. The second-order valence-corrected chi connectivity index (χ2v) is 8.25. The summed E-state index contributed by atoms with van der Waals surface area (Å²) in [6.07, 6.45) is 3.60. The van der Waals surface area contributed by atoms with Gasteiger partial charge in [0, 0.05) is 31.4 Å². The Bertz CT molecular complexity index is 1070. The van der Waals surface area contributed by atoms with Gasteiger partial charge in [0.2, 0.25) is 0 Å². The van der Waals surface area contributed by atoms with Crippen LogP contribution >= 0.6 is 0 Å². The molecule has 1 amide bonds. The molecule has 1 aliphatic heterocycles. The third-order valence-corrected chi connectivity index (χ3v) is 5.96. The van der Waals surface area contributed by atoms with Gasteiger partial charge < -0.3 is 15.1 Å². The van der Waals surface area contributed by atoms with Crippen molar-refractivity contribution in [3.63, 3.8) is 0 Å². The summed E-state index contributed by atoms with van der Waals surface area (Å²) in [4.78, 5) is 26.8. The standard InChI is InChI=1S/C25H28FN5O/c1-30-13-11-21(12-14-30)31(2)24-22(17-27-23(29-24)19-8-4-3-5-9-19)25(32)28-16-18-7-6-10-20(26)15-18/h3-10,15,17,21H,11-14,16H2,1-2H3,(H,28,32). The first-order valence-corrected chi connectivity index (χ1v) is 10.9. The summed E-state index contributed by atoms with van der Waals surface area (Å²) in [6.45, 7) is 2.24. The lowest BCUT2D eigenvalue weighted by Gasteiger charge is -2.36. The maximum absolute atomic E-state index is 13.5. The van der Waals surface area contributed by atoms with Gasteiger partial charge in [0.25, 0.3) is 5.91 Å². The fourth-order valence-electron chi connectivity index (χ4n) is 4.01. The Hall–Kier alpha value is -3.32. The predicted octanol–water partition coefficient (Wildman–Crippen LogP) is 3.74. The van der Waals surface area contributed by atoms with Crippen molar-refractivity contribution >= 4 is 11.7 Å². The van der Waals surface area contributed by atoms with Gasteiger partial charge in [-0.15, -0.1) is 0 Å². The molecule has 166 valence electrons. The number of aromatic nitrogens is 2. The minimum Gasteiger partial charge on any atom is -0.356 e. The molecule has 1 aliphatic rings. The van der Waals surface area contributed by atoms with Crippen molar-refractivity contribution in [2.45, 2.75) is 25.4 Å². The van der Waals surface area contributed by atoms with Crippen LogP contribution in [0.3, 0.4) is 0 Å². The Morgan fingerprint density at radius 3 is 2.62 bits per heavy atom. The maximum Gasteiger partial charge on any atom is 0.256 e. The number of rotatable bonds is 6. The molecule has 32 heavy (non-hydrogen) atoms. The number of nitrogens with one attached hydrogen (secondary N) is 1. The zero-order valence-electron chi connectivity index (χ0n) is 18.5. The summed E-state index contributed by atoms with van der Waals surface area (Å²) in [7, 11) is 4.12. The molecule has 1 aromatic heterocycles. The minimum atomic E-state index is -0.324. The van der Waals surface area contributed by atoms with Crippen LogP contribution in [0, 0.1) is 5.82 Å². The van der Waals surface area contributed by atoms with Gasteiger partial charge in [-0.3, -0.25) is 4.79 Å². The van der Waals surface area contributed by atoms with Crippen molar-refractivity contribution < 1.29 is 9.18 Å². The van der Waals surface area contributed by atoms with Gasteiger partial charge in [-0.05, 0) is 50.7 Å². The molecular weight excluding hydrogens is 405 g/mol. The van der Waals surface area contributed by atoms with Gasteiger partial charge in [0.15, 0.2) is 5.82 Å². The first kappa shape index (κ1) is 21.9. The van der Waals surface area contributed by atoms with E-state index in [2.05, 4.69) is 27.1 Å². The fraction of sp³-hybridized carbons (Fsp3) is 0.320. The van der Waals surface area contributed by atoms with E-state index < -0.39 is 0 Å². The predicted molar refractivity (Wildman–Crippen MR) is 124 cm³/mol. The topological polar surface area (TPSA) is 61.4 Å². The van der Waals surface area contributed by atoms with E-state index in [0.29, 0.717) is 28.8 Å². The number of anilines is 1. The molecule has 7 heteroatoms. The van der Waals surface area contributed by atoms with Gasteiger partial charge in [0.1, 0.15) is 17.2 Å². The maximum atomic E-state index is 13.5. The molecule has 3 aromatic rings. The number of hydrogen-bond donors (Lipinski definition) is 1. The Morgan fingerprint density at radius 2 is 1.91 bits per heavy atom. The molecule has 1 saturated heterocycles. The number of carbonyl (C=O) groups excluding carboxylic acids is 1. The van der Waals surface area contributed by atoms with Gasteiger partial charge in [-0.25, -0.2) is 14.4 Å². The monoisotopic (exact) mass is 433 g/mol. The van der Waals surface area contributed by atoms with Crippen LogP contribution in [0.4, 0.5) is 10.2 Å². The Morgan fingerprint density at radius 1 is 1.16 bits per heavy atom. The van der Waals surface area contributed by atoms with E-state index in [1.807, 2.05) is 37.4 Å². The van der Waals surface area contributed by atoms with Crippen LogP contribution in [-0.2, 0) is 6.54 Å². The van der Waals surface area contributed by atoms with Crippen molar-refractivity contribution in [3.05, 3.63) is 77.7 Å². The van der Waals surface area contributed by atoms with Crippen LogP contribution in [0.15, 0.2) is 60.8 Å². The summed E-state index contributed by atoms with van der Waals surface area (Å²) in [6, 6.07) is 16.3. The van der Waals surface area contributed by atoms with Gasteiger partial charge in [0.05, 0.1) is 0 Å². The molecule has 2 heterocycles. The van der Waals surface area contributed by atoms with E-state index in [-0.39, 0.29) is 18.3 Å². The molecule has 0 saturated carbocycles. The Labute approximate surface area is 188 Å². The van der Waals surface area contributed by atoms with Crippen LogP contribution in [0.2, 0.25) is 0 Å². The van der Waals surface area contributed by atoms with E-state index in [4.69, 9.17) is 4.98 Å². The first-order valence-electron chi connectivity index (χ1n) is 10.9. The average Bonchev–Trinajstić information content (AvgIpc) is 2.83. The lowest BCUT2D eigenvalue weighted by molar-refractivity contribution is 0.0950. The van der Waals surface area contributed by atoms with Crippen LogP contribution in [0.25, 0.3) is 11.4 Å². The third kappa shape index (κ3) is 5.11. The lowest BCUT2D eigenvalue weighted by atomic mass is 10.0. The summed E-state index contributed by atoms with van der Waals surface area (Å²) < 4.78 is 13.5. The molecule has 0 bridgehead atoms. The SMILES string of the molecule is CN1CCC(N(C)c2nc(-c3ccccc3)ncc2C(=O)NCc2cccc(F)c2)CC1. The smallest absolute Gasteiger partial charge is 0.256 e. The first-order chi connectivity index (χ1) is 15.5. The molecule has 0 spiro atoms. The lowest BCUT2D eigenvalue weighted by Crippen LogP contribution is -2.43. The number of piperidine rings is 1. The van der Waals surface area contributed by atoms with Crippen LogP contribution in [0.5, 0.6) is 0 Å². The number of halogens is 1. The normalized spacial score (nSPS) is 14.8. The van der Waals surface area contributed by atoms with Crippen molar-refractivity contribution in [1.82, 2.24) is 20.2 Å². The number of hydrogen-bond acceptors (Lipinski definition) is 5. The third-order valence-electron chi connectivity index (χ3n) is 5.96. The zero-order chi connectivity index (χ0) is 22.5. The van der Waals surface area contributed by atoms with Gasteiger partial charge in [-0.2, -0.15) is 0 Å². The second kappa shape index (κ2) is 9.87. The van der Waals surface area contributed by atoms with Crippen molar-refractivity contribution in [2.75, 3.05) is 32.1 Å². The van der Waals surface area contributed by atoms with Crippen molar-refractivity contribution in [1.29, 1.82) is 0 Å². The number of amides is 1. The highest BCUT2D eigenvalue weighted by atomic mass is 19.1.